The molecule has 0 spiro atoms. The van der Waals surface area contributed by atoms with E-state index in [1.54, 1.807) is 0 Å². The van der Waals surface area contributed by atoms with Crippen LogP contribution in [0.4, 0.5) is 5.82 Å². The Kier molecular flexibility index (Phi) is 4.29. The maximum Gasteiger partial charge on any atom is 0.136 e. The van der Waals surface area contributed by atoms with E-state index in [0.717, 1.165) is 41.4 Å². The van der Waals surface area contributed by atoms with Crippen molar-refractivity contribution in [2.45, 2.75) is 25.8 Å². The zero-order valence-corrected chi connectivity index (χ0v) is 11.9. The normalized spacial score (nSPS) is 23.6. The molecule has 6 heteroatoms. The summed E-state index contributed by atoms with van der Waals surface area (Å²) < 4.78 is 11.3. The minimum absolute atomic E-state index is 0.310. The number of hydrogen-bond acceptors (Lipinski definition) is 4. The Hall–Kier alpha value is -1.01. The van der Waals surface area contributed by atoms with Crippen LogP contribution in [-0.2, 0) is 10.8 Å². The SMILES string of the molecule is Cc1ccc(C(N)=S)c(NC2CCS(=O)CC2)n1. The molecule has 18 heavy (non-hydrogen) atoms. The minimum atomic E-state index is -0.648. The van der Waals surface area contributed by atoms with Crippen LogP contribution in [0.5, 0.6) is 0 Å². The first-order valence-electron chi connectivity index (χ1n) is 5.95. The van der Waals surface area contributed by atoms with Gasteiger partial charge in [0.05, 0.1) is 5.56 Å². The highest BCUT2D eigenvalue weighted by molar-refractivity contribution is 7.85. The van der Waals surface area contributed by atoms with Crippen molar-refractivity contribution < 1.29 is 4.21 Å². The fraction of sp³-hybridized carbons (Fsp3) is 0.500. The molecule has 0 radical (unpaired) electrons. The van der Waals surface area contributed by atoms with Gasteiger partial charge >= 0.3 is 0 Å². The number of rotatable bonds is 3. The molecule has 0 unspecified atom stereocenters. The van der Waals surface area contributed by atoms with Gasteiger partial charge in [-0.15, -0.1) is 0 Å². The van der Waals surface area contributed by atoms with Crippen molar-refractivity contribution in [3.8, 4) is 0 Å². The third-order valence-corrected chi connectivity index (χ3v) is 4.63. The quantitative estimate of drug-likeness (QED) is 0.820. The molecule has 1 aliphatic rings. The van der Waals surface area contributed by atoms with E-state index in [9.17, 15) is 4.21 Å². The van der Waals surface area contributed by atoms with Crippen LogP contribution in [0.25, 0.3) is 0 Å². The van der Waals surface area contributed by atoms with Crippen LogP contribution in [0.3, 0.4) is 0 Å². The average molecular weight is 283 g/mol. The highest BCUT2D eigenvalue weighted by Gasteiger charge is 2.19. The number of nitrogens with two attached hydrogens (primary N) is 1. The summed E-state index contributed by atoms with van der Waals surface area (Å²) in [7, 11) is -0.648. The van der Waals surface area contributed by atoms with E-state index in [1.807, 2.05) is 19.1 Å². The highest BCUT2D eigenvalue weighted by atomic mass is 32.2. The van der Waals surface area contributed by atoms with Crippen LogP contribution >= 0.6 is 12.2 Å². The molecule has 1 saturated heterocycles. The molecule has 2 heterocycles. The summed E-state index contributed by atoms with van der Waals surface area (Å²) >= 11 is 5.03. The number of hydrogen-bond donors (Lipinski definition) is 2. The van der Waals surface area contributed by atoms with E-state index in [2.05, 4.69) is 10.3 Å². The summed E-state index contributed by atoms with van der Waals surface area (Å²) in [5.41, 5.74) is 7.40. The first-order valence-corrected chi connectivity index (χ1v) is 7.85. The van der Waals surface area contributed by atoms with Gasteiger partial charge < -0.3 is 11.1 Å². The molecule has 1 aliphatic heterocycles. The lowest BCUT2D eigenvalue weighted by molar-refractivity contribution is 0.622. The molecule has 1 aromatic rings. The van der Waals surface area contributed by atoms with E-state index in [4.69, 9.17) is 18.0 Å². The Labute approximate surface area is 115 Å². The minimum Gasteiger partial charge on any atom is -0.389 e. The summed E-state index contributed by atoms with van der Waals surface area (Å²) in [4.78, 5) is 4.80. The van der Waals surface area contributed by atoms with Crippen molar-refractivity contribution in [2.24, 2.45) is 5.73 Å². The Bertz CT molecular complexity index is 480. The number of nitrogens with one attached hydrogen (secondary N) is 1. The first-order chi connectivity index (χ1) is 8.56. The third kappa shape index (κ3) is 3.26. The number of anilines is 1. The Morgan fingerprint density at radius 1 is 1.50 bits per heavy atom. The molecule has 1 aromatic heterocycles. The van der Waals surface area contributed by atoms with Crippen LogP contribution in [0.1, 0.15) is 24.1 Å². The largest absolute Gasteiger partial charge is 0.389 e. The van der Waals surface area contributed by atoms with Gasteiger partial charge in [-0.1, -0.05) is 12.2 Å². The van der Waals surface area contributed by atoms with Crippen molar-refractivity contribution >= 4 is 33.8 Å². The van der Waals surface area contributed by atoms with Crippen molar-refractivity contribution in [3.63, 3.8) is 0 Å². The van der Waals surface area contributed by atoms with Gasteiger partial charge in [0.2, 0.25) is 0 Å². The molecule has 0 aliphatic carbocycles. The molecule has 3 N–H and O–H groups in total. The number of nitrogens with zero attached hydrogens (tertiary/aromatic N) is 1. The summed E-state index contributed by atoms with van der Waals surface area (Å²) in [6, 6.07) is 4.11. The fourth-order valence-corrected chi connectivity index (χ4v) is 3.46. The van der Waals surface area contributed by atoms with Crippen molar-refractivity contribution in [1.29, 1.82) is 0 Å². The van der Waals surface area contributed by atoms with Crippen LogP contribution in [0, 0.1) is 6.92 Å². The summed E-state index contributed by atoms with van der Waals surface area (Å²) in [5, 5.41) is 3.38. The maximum atomic E-state index is 11.3. The van der Waals surface area contributed by atoms with Gasteiger partial charge in [0.25, 0.3) is 0 Å². The van der Waals surface area contributed by atoms with Gasteiger partial charge in [0, 0.05) is 34.0 Å². The van der Waals surface area contributed by atoms with E-state index in [-0.39, 0.29) is 0 Å². The number of pyridine rings is 1. The average Bonchev–Trinajstić information content (AvgIpc) is 2.32. The van der Waals surface area contributed by atoms with Gasteiger partial charge in [0.1, 0.15) is 10.8 Å². The molecule has 0 amide bonds. The maximum absolute atomic E-state index is 11.3. The molecule has 2 rings (SSSR count). The highest BCUT2D eigenvalue weighted by Crippen LogP contribution is 2.19. The molecule has 4 nitrogen and oxygen atoms in total. The summed E-state index contributed by atoms with van der Waals surface area (Å²) in [6.07, 6.45) is 1.80. The number of aryl methyl sites for hydroxylation is 1. The monoisotopic (exact) mass is 283 g/mol. The zero-order chi connectivity index (χ0) is 13.1. The van der Waals surface area contributed by atoms with E-state index < -0.39 is 10.8 Å². The van der Waals surface area contributed by atoms with Gasteiger partial charge in [-0.3, -0.25) is 4.21 Å². The van der Waals surface area contributed by atoms with Gasteiger partial charge in [-0.25, -0.2) is 4.98 Å². The predicted octanol–water partition coefficient (Wildman–Crippen LogP) is 1.35. The van der Waals surface area contributed by atoms with Gasteiger partial charge in [-0.2, -0.15) is 0 Å². The number of thiocarbonyl (C=S) groups is 1. The smallest absolute Gasteiger partial charge is 0.136 e. The standard InChI is InChI=1S/C12H17N3OS2/c1-8-2-3-10(11(13)17)12(14-8)15-9-4-6-18(16)7-5-9/h2-3,9H,4-7H2,1H3,(H2,13,17)(H,14,15). The second kappa shape index (κ2) is 5.75. The van der Waals surface area contributed by atoms with Crippen molar-refractivity contribution in [2.75, 3.05) is 16.8 Å². The first kappa shape index (κ1) is 13.4. The second-order valence-corrected chi connectivity index (χ2v) is 6.62. The molecule has 0 aromatic carbocycles. The lowest BCUT2D eigenvalue weighted by atomic mass is 10.1. The van der Waals surface area contributed by atoms with Crippen LogP contribution in [-0.4, -0.2) is 31.7 Å². The second-order valence-electron chi connectivity index (χ2n) is 4.48. The summed E-state index contributed by atoms with van der Waals surface area (Å²) in [5.74, 6) is 2.26. The molecular formula is C12H17N3OS2. The third-order valence-electron chi connectivity index (χ3n) is 3.03. The van der Waals surface area contributed by atoms with Crippen molar-refractivity contribution in [1.82, 2.24) is 4.98 Å². The van der Waals surface area contributed by atoms with Crippen LogP contribution < -0.4 is 11.1 Å². The van der Waals surface area contributed by atoms with Gasteiger partial charge in [0.15, 0.2) is 0 Å². The zero-order valence-electron chi connectivity index (χ0n) is 10.3. The summed E-state index contributed by atoms with van der Waals surface area (Å²) in [6.45, 7) is 1.93. The van der Waals surface area contributed by atoms with E-state index >= 15 is 0 Å². The van der Waals surface area contributed by atoms with E-state index in [1.165, 1.54) is 0 Å². The number of aromatic nitrogens is 1. The van der Waals surface area contributed by atoms with E-state index in [0.29, 0.717) is 11.0 Å². The molecule has 98 valence electrons. The lowest BCUT2D eigenvalue weighted by Gasteiger charge is -2.24. The van der Waals surface area contributed by atoms with Crippen LogP contribution in [0.2, 0.25) is 0 Å². The topological polar surface area (TPSA) is 68.0 Å². The Morgan fingerprint density at radius 3 is 2.78 bits per heavy atom. The lowest BCUT2D eigenvalue weighted by Crippen LogP contribution is -2.30. The molecule has 1 fully saturated rings. The molecule has 0 atom stereocenters. The molecule has 0 saturated carbocycles. The van der Waals surface area contributed by atoms with Crippen molar-refractivity contribution in [3.05, 3.63) is 23.4 Å². The van der Waals surface area contributed by atoms with Crippen LogP contribution in [0.15, 0.2) is 12.1 Å². The Morgan fingerprint density at radius 2 is 2.17 bits per heavy atom. The van der Waals surface area contributed by atoms with Gasteiger partial charge in [-0.05, 0) is 31.9 Å². The Balaban J connectivity index is 2.15. The molecule has 0 bridgehead atoms. The fourth-order valence-electron chi connectivity index (χ4n) is 2.00. The molecular weight excluding hydrogens is 266 g/mol. The predicted molar refractivity (Wildman–Crippen MR) is 79.4 cm³/mol.